The van der Waals surface area contributed by atoms with Gasteiger partial charge in [0.15, 0.2) is 17.6 Å². The van der Waals surface area contributed by atoms with E-state index in [0.717, 1.165) is 0 Å². The third kappa shape index (κ3) is 3.58. The van der Waals surface area contributed by atoms with E-state index in [9.17, 15) is 9.59 Å². The zero-order valence-corrected chi connectivity index (χ0v) is 19.2. The number of fused-ring (bicyclic) bond motifs is 2. The molecule has 1 N–H and O–H groups in total. The first-order chi connectivity index (χ1) is 16.4. The minimum absolute atomic E-state index is 0.0227. The van der Waals surface area contributed by atoms with Crippen molar-refractivity contribution in [2.75, 3.05) is 26.3 Å². The molecular weight excluding hydrogens is 466 g/mol. The number of ether oxygens (including phenoxy) is 5. The van der Waals surface area contributed by atoms with Gasteiger partial charge >= 0.3 is 5.63 Å². The van der Waals surface area contributed by atoms with Crippen molar-refractivity contribution in [3.63, 3.8) is 0 Å². The molecule has 2 aliphatic rings. The summed E-state index contributed by atoms with van der Waals surface area (Å²) in [5.74, 6) is 0.630. The highest BCUT2D eigenvalue weighted by Gasteiger charge is 2.46. The SMILES string of the molecule is COc1cc([C@@H]2c3c(cc(C)oc3=O)O[C@@H]2C(=O)Nc2ccc(Cl)cc2)c(OC)c2c1OCO2. The summed E-state index contributed by atoms with van der Waals surface area (Å²) in [7, 11) is 2.94. The summed E-state index contributed by atoms with van der Waals surface area (Å²) in [4.78, 5) is 26.4. The second-order valence-corrected chi connectivity index (χ2v) is 8.14. The molecular formula is C24H20ClNO8. The van der Waals surface area contributed by atoms with Crippen molar-refractivity contribution in [2.45, 2.75) is 18.9 Å². The number of benzene rings is 2. The van der Waals surface area contributed by atoms with Crippen molar-refractivity contribution < 1.29 is 32.9 Å². The summed E-state index contributed by atoms with van der Waals surface area (Å²) >= 11 is 5.95. The predicted molar refractivity (Wildman–Crippen MR) is 122 cm³/mol. The van der Waals surface area contributed by atoms with Gasteiger partial charge in [0.1, 0.15) is 11.5 Å². The second-order valence-electron chi connectivity index (χ2n) is 7.70. The van der Waals surface area contributed by atoms with Crippen LogP contribution in [-0.4, -0.2) is 33.0 Å². The van der Waals surface area contributed by atoms with Gasteiger partial charge in [0.25, 0.3) is 5.91 Å². The average molecular weight is 486 g/mol. The van der Waals surface area contributed by atoms with Gasteiger partial charge in [0, 0.05) is 22.3 Å². The van der Waals surface area contributed by atoms with Crippen molar-refractivity contribution in [1.29, 1.82) is 0 Å². The summed E-state index contributed by atoms with van der Waals surface area (Å²) in [6.07, 6.45) is -1.12. The molecule has 1 amide bonds. The van der Waals surface area contributed by atoms with E-state index in [1.165, 1.54) is 14.2 Å². The van der Waals surface area contributed by atoms with Crippen molar-refractivity contribution in [3.05, 3.63) is 68.7 Å². The summed E-state index contributed by atoms with van der Waals surface area (Å²) in [6.45, 7) is 1.61. The highest BCUT2D eigenvalue weighted by atomic mass is 35.5. The second kappa shape index (κ2) is 8.49. The Morgan fingerprint density at radius 1 is 1.09 bits per heavy atom. The molecule has 176 valence electrons. The van der Waals surface area contributed by atoms with Crippen LogP contribution in [0.25, 0.3) is 0 Å². The van der Waals surface area contributed by atoms with Crippen molar-refractivity contribution >= 4 is 23.2 Å². The molecule has 3 aromatic rings. The van der Waals surface area contributed by atoms with E-state index in [1.807, 2.05) is 0 Å². The molecule has 1 aromatic heterocycles. The first-order valence-corrected chi connectivity index (χ1v) is 10.7. The maximum absolute atomic E-state index is 13.4. The molecule has 0 bridgehead atoms. The number of rotatable bonds is 5. The lowest BCUT2D eigenvalue weighted by molar-refractivity contribution is -0.122. The van der Waals surface area contributed by atoms with Gasteiger partial charge in [-0.15, -0.1) is 0 Å². The van der Waals surface area contributed by atoms with Gasteiger partial charge in [-0.25, -0.2) is 4.79 Å². The number of amides is 1. The molecule has 0 unspecified atom stereocenters. The monoisotopic (exact) mass is 485 g/mol. The van der Waals surface area contributed by atoms with Crippen LogP contribution in [-0.2, 0) is 4.79 Å². The topological polar surface area (TPSA) is 105 Å². The lowest BCUT2D eigenvalue weighted by Crippen LogP contribution is -2.35. The van der Waals surface area contributed by atoms with Gasteiger partial charge < -0.3 is 33.4 Å². The number of methoxy groups -OCH3 is 2. The van der Waals surface area contributed by atoms with Crippen LogP contribution in [0, 0.1) is 6.92 Å². The Morgan fingerprint density at radius 2 is 1.82 bits per heavy atom. The minimum Gasteiger partial charge on any atom is -0.493 e. The number of carbonyl (C=O) groups excluding carboxylic acids is 1. The fraction of sp³-hybridized carbons (Fsp3) is 0.250. The number of hydrogen-bond acceptors (Lipinski definition) is 8. The molecule has 5 rings (SSSR count). The Kier molecular flexibility index (Phi) is 5.49. The zero-order valence-electron chi connectivity index (χ0n) is 18.5. The van der Waals surface area contributed by atoms with Gasteiger partial charge in [-0.2, -0.15) is 0 Å². The van der Waals surface area contributed by atoms with Gasteiger partial charge in [-0.3, -0.25) is 4.79 Å². The summed E-state index contributed by atoms with van der Waals surface area (Å²) in [5.41, 5.74) is 0.558. The lowest BCUT2D eigenvalue weighted by atomic mass is 9.87. The summed E-state index contributed by atoms with van der Waals surface area (Å²) < 4.78 is 33.6. The van der Waals surface area contributed by atoms with Crippen molar-refractivity contribution in [1.82, 2.24) is 0 Å². The quantitative estimate of drug-likeness (QED) is 0.580. The molecule has 0 saturated carbocycles. The number of nitrogens with one attached hydrogen (secondary N) is 1. The Bertz CT molecular complexity index is 1330. The van der Waals surface area contributed by atoms with Crippen LogP contribution in [0.3, 0.4) is 0 Å². The number of carbonyl (C=O) groups is 1. The Balaban J connectivity index is 1.65. The van der Waals surface area contributed by atoms with E-state index in [4.69, 9.17) is 39.7 Å². The predicted octanol–water partition coefficient (Wildman–Crippen LogP) is 3.88. The third-order valence-corrected chi connectivity index (χ3v) is 5.91. The number of aryl methyl sites for hydroxylation is 1. The molecule has 0 saturated heterocycles. The Morgan fingerprint density at radius 3 is 2.53 bits per heavy atom. The Labute approximate surface area is 199 Å². The number of hydrogen-bond donors (Lipinski definition) is 1. The van der Waals surface area contributed by atoms with Crippen molar-refractivity contribution in [2.24, 2.45) is 0 Å². The molecule has 0 aliphatic carbocycles. The van der Waals surface area contributed by atoms with Gasteiger partial charge in [-0.05, 0) is 37.3 Å². The van der Waals surface area contributed by atoms with E-state index in [-0.39, 0.29) is 18.1 Å². The zero-order chi connectivity index (χ0) is 24.0. The van der Waals surface area contributed by atoms with Crippen LogP contribution in [0.5, 0.6) is 28.7 Å². The maximum atomic E-state index is 13.4. The van der Waals surface area contributed by atoms with E-state index >= 15 is 0 Å². The maximum Gasteiger partial charge on any atom is 0.343 e. The summed E-state index contributed by atoms with van der Waals surface area (Å²) in [5, 5.41) is 3.35. The van der Waals surface area contributed by atoms with Crippen molar-refractivity contribution in [3.8, 4) is 28.7 Å². The fourth-order valence-electron chi connectivity index (χ4n) is 4.22. The smallest absolute Gasteiger partial charge is 0.343 e. The lowest BCUT2D eigenvalue weighted by Gasteiger charge is -2.22. The van der Waals surface area contributed by atoms with Crippen LogP contribution < -0.4 is 34.6 Å². The largest absolute Gasteiger partial charge is 0.493 e. The molecule has 34 heavy (non-hydrogen) atoms. The van der Waals surface area contributed by atoms with E-state index < -0.39 is 23.6 Å². The molecule has 2 aromatic carbocycles. The molecule has 0 radical (unpaired) electrons. The van der Waals surface area contributed by atoms with E-state index in [1.54, 1.807) is 43.3 Å². The van der Waals surface area contributed by atoms with E-state index in [2.05, 4.69) is 5.32 Å². The highest BCUT2D eigenvalue weighted by molar-refractivity contribution is 6.30. The molecule has 0 spiro atoms. The average Bonchev–Trinajstić information content (AvgIpc) is 3.44. The molecule has 9 nitrogen and oxygen atoms in total. The number of anilines is 1. The van der Waals surface area contributed by atoms with Gasteiger partial charge in [0.05, 0.1) is 25.7 Å². The normalized spacial score (nSPS) is 17.6. The van der Waals surface area contributed by atoms with Gasteiger partial charge in [-0.1, -0.05) is 11.6 Å². The highest BCUT2D eigenvalue weighted by Crippen LogP contribution is 2.54. The van der Waals surface area contributed by atoms with E-state index in [0.29, 0.717) is 45.0 Å². The van der Waals surface area contributed by atoms with Crippen LogP contribution in [0.1, 0.15) is 22.8 Å². The minimum atomic E-state index is -1.12. The third-order valence-electron chi connectivity index (χ3n) is 5.66. The number of halogens is 1. The molecule has 2 aliphatic heterocycles. The first kappa shape index (κ1) is 22.0. The van der Waals surface area contributed by atoms with Crippen LogP contribution in [0.15, 0.2) is 45.6 Å². The van der Waals surface area contributed by atoms with Crippen LogP contribution in [0.2, 0.25) is 5.02 Å². The summed E-state index contributed by atoms with van der Waals surface area (Å²) in [6, 6.07) is 9.87. The standard InChI is InChI=1S/C24H20ClNO8/c1-11-8-15-18(24(28)33-11)17(21(34-15)23(27)26-13-6-4-12(25)5-7-13)14-9-16(29-2)20-22(19(14)30-3)32-10-31-20/h4-9,17,21H,10H2,1-3H3,(H,26,27)/t17-,21+/m1/s1. The van der Waals surface area contributed by atoms with Crippen LogP contribution in [0.4, 0.5) is 5.69 Å². The first-order valence-electron chi connectivity index (χ1n) is 10.3. The van der Waals surface area contributed by atoms with Crippen LogP contribution >= 0.6 is 11.6 Å². The molecule has 2 atom stereocenters. The van der Waals surface area contributed by atoms with Gasteiger partial charge in [0.2, 0.25) is 18.3 Å². The Hall–Kier alpha value is -3.85. The molecule has 3 heterocycles. The molecule has 0 fully saturated rings. The molecule has 10 heteroatoms. The fourth-order valence-corrected chi connectivity index (χ4v) is 4.35.